The molecule has 0 saturated heterocycles. The highest BCUT2D eigenvalue weighted by Crippen LogP contribution is 2.37. The summed E-state index contributed by atoms with van der Waals surface area (Å²) in [5, 5.41) is 9.99. The number of Topliss-reactive ketones (excluding diaryl/α,β-unsaturated/α-hetero) is 1. The third kappa shape index (κ3) is 3.91. The van der Waals surface area contributed by atoms with Gasteiger partial charge < -0.3 is 0 Å². The molecule has 1 atom stereocenters. The van der Waals surface area contributed by atoms with E-state index in [4.69, 9.17) is 23.2 Å². The highest BCUT2D eigenvalue weighted by atomic mass is 35.5. The Morgan fingerprint density at radius 1 is 1.43 bits per heavy atom. The zero-order chi connectivity index (χ0) is 16.4. The summed E-state index contributed by atoms with van der Waals surface area (Å²) in [4.78, 5) is 20.9. The Balaban J connectivity index is 3.31. The van der Waals surface area contributed by atoms with E-state index in [9.17, 15) is 23.3 Å². The van der Waals surface area contributed by atoms with Crippen molar-refractivity contribution in [1.82, 2.24) is 4.72 Å². The van der Waals surface area contributed by atoms with E-state index in [1.54, 1.807) is 6.92 Å². The van der Waals surface area contributed by atoms with Crippen LogP contribution in [0.3, 0.4) is 0 Å². The number of carbonyl (C=O) groups is 1. The maximum Gasteiger partial charge on any atom is 0.307 e. The zero-order valence-corrected chi connectivity index (χ0v) is 13.4. The van der Waals surface area contributed by atoms with Gasteiger partial charge in [0.2, 0.25) is 10.0 Å². The maximum absolute atomic E-state index is 12.2. The largest absolute Gasteiger partial charge is 0.307 e. The highest BCUT2D eigenvalue weighted by molar-refractivity contribution is 7.89. The first-order valence-electron chi connectivity index (χ1n) is 5.79. The SMILES string of the molecule is CCC(=O)C(C)NS(=O)(=O)c1ccc(Cl)c([N+](=O)[O-])c1Cl. The Bertz CT molecular complexity index is 690. The third-order valence-corrected chi connectivity index (χ3v) is 5.05. The van der Waals surface area contributed by atoms with E-state index in [1.807, 2.05) is 0 Å². The van der Waals surface area contributed by atoms with Gasteiger partial charge in [-0.1, -0.05) is 30.1 Å². The van der Waals surface area contributed by atoms with Crippen molar-refractivity contribution >= 4 is 44.7 Å². The van der Waals surface area contributed by atoms with Crippen LogP contribution in [-0.2, 0) is 14.8 Å². The molecule has 1 rings (SSSR count). The molecule has 7 nitrogen and oxygen atoms in total. The fraction of sp³-hybridized carbons (Fsp3) is 0.364. The molecule has 21 heavy (non-hydrogen) atoms. The van der Waals surface area contributed by atoms with Gasteiger partial charge in [-0.2, -0.15) is 0 Å². The first-order chi connectivity index (χ1) is 9.61. The molecule has 0 amide bonds. The standard InChI is InChI=1S/C11H12Cl2N2O5S/c1-3-8(16)6(2)14-21(19,20)9-5-4-7(12)11(10(9)13)15(17)18/h4-6,14H,3H2,1-2H3. The van der Waals surface area contributed by atoms with Crippen LogP contribution in [0.25, 0.3) is 0 Å². The normalized spacial score (nSPS) is 13.0. The van der Waals surface area contributed by atoms with E-state index < -0.39 is 36.6 Å². The molecule has 0 bridgehead atoms. The van der Waals surface area contributed by atoms with Crippen molar-refractivity contribution in [2.24, 2.45) is 0 Å². The summed E-state index contributed by atoms with van der Waals surface area (Å²) in [7, 11) is -4.18. The van der Waals surface area contributed by atoms with E-state index in [2.05, 4.69) is 4.72 Å². The lowest BCUT2D eigenvalue weighted by Crippen LogP contribution is -2.38. The first kappa shape index (κ1) is 17.8. The smallest absolute Gasteiger partial charge is 0.298 e. The van der Waals surface area contributed by atoms with Crippen LogP contribution in [0.5, 0.6) is 0 Å². The van der Waals surface area contributed by atoms with Gasteiger partial charge in [0, 0.05) is 6.42 Å². The summed E-state index contributed by atoms with van der Waals surface area (Å²) in [6.07, 6.45) is 0.151. The van der Waals surface area contributed by atoms with Gasteiger partial charge in [-0.15, -0.1) is 0 Å². The van der Waals surface area contributed by atoms with Crippen molar-refractivity contribution in [3.05, 3.63) is 32.3 Å². The summed E-state index contributed by atoms with van der Waals surface area (Å²) in [6.45, 7) is 2.97. The fourth-order valence-electron chi connectivity index (χ4n) is 1.57. The quantitative estimate of drug-likeness (QED) is 0.623. The number of sulfonamides is 1. The van der Waals surface area contributed by atoms with Gasteiger partial charge in [0.05, 0.1) is 11.0 Å². The van der Waals surface area contributed by atoms with Crippen LogP contribution >= 0.6 is 23.2 Å². The van der Waals surface area contributed by atoms with Crippen molar-refractivity contribution in [1.29, 1.82) is 0 Å². The van der Waals surface area contributed by atoms with Gasteiger partial charge in [0.15, 0.2) is 0 Å². The van der Waals surface area contributed by atoms with Gasteiger partial charge in [-0.3, -0.25) is 14.9 Å². The van der Waals surface area contributed by atoms with Crippen molar-refractivity contribution in [2.75, 3.05) is 0 Å². The van der Waals surface area contributed by atoms with Crippen molar-refractivity contribution in [3.8, 4) is 0 Å². The Morgan fingerprint density at radius 3 is 2.48 bits per heavy atom. The Kier molecular flexibility index (Phi) is 5.68. The second-order valence-electron chi connectivity index (χ2n) is 4.13. The van der Waals surface area contributed by atoms with E-state index in [0.717, 1.165) is 12.1 Å². The predicted molar refractivity (Wildman–Crippen MR) is 78.2 cm³/mol. The number of halogens is 2. The number of carbonyl (C=O) groups excluding carboxylic acids is 1. The predicted octanol–water partition coefficient (Wildman–Crippen LogP) is 2.55. The van der Waals surface area contributed by atoms with E-state index in [1.165, 1.54) is 6.92 Å². The van der Waals surface area contributed by atoms with E-state index in [-0.39, 0.29) is 17.2 Å². The van der Waals surface area contributed by atoms with Gasteiger partial charge in [-0.25, -0.2) is 13.1 Å². The van der Waals surface area contributed by atoms with Crippen molar-refractivity contribution < 1.29 is 18.1 Å². The summed E-state index contributed by atoms with van der Waals surface area (Å²) in [6, 6.07) is 1.14. The summed E-state index contributed by atoms with van der Waals surface area (Å²) < 4.78 is 26.4. The number of nitrogens with one attached hydrogen (secondary N) is 1. The third-order valence-electron chi connectivity index (χ3n) is 2.67. The first-order valence-corrected chi connectivity index (χ1v) is 8.03. The summed E-state index contributed by atoms with van der Waals surface area (Å²) in [5.74, 6) is -0.321. The number of nitro groups is 1. The van der Waals surface area contributed by atoms with Gasteiger partial charge >= 0.3 is 5.69 Å². The second-order valence-corrected chi connectivity index (χ2v) is 6.60. The molecular weight excluding hydrogens is 343 g/mol. The second kappa shape index (κ2) is 6.69. The summed E-state index contributed by atoms with van der Waals surface area (Å²) in [5.41, 5.74) is -0.698. The number of hydrogen-bond acceptors (Lipinski definition) is 5. The lowest BCUT2D eigenvalue weighted by molar-refractivity contribution is -0.384. The molecule has 1 aromatic rings. The van der Waals surface area contributed by atoms with Crippen LogP contribution in [0.2, 0.25) is 10.0 Å². The topological polar surface area (TPSA) is 106 Å². The number of nitrogens with zero attached hydrogens (tertiary/aromatic N) is 1. The average Bonchev–Trinajstić information content (AvgIpc) is 2.36. The van der Waals surface area contributed by atoms with Crippen LogP contribution in [0.4, 0.5) is 5.69 Å². The number of ketones is 1. The molecule has 1 unspecified atom stereocenters. The molecule has 10 heteroatoms. The van der Waals surface area contributed by atoms with Crippen LogP contribution in [0, 0.1) is 10.1 Å². The minimum Gasteiger partial charge on any atom is -0.298 e. The molecule has 1 aromatic carbocycles. The molecule has 1 N–H and O–H groups in total. The summed E-state index contributed by atoms with van der Waals surface area (Å²) >= 11 is 11.4. The highest BCUT2D eigenvalue weighted by Gasteiger charge is 2.29. The molecule has 0 saturated carbocycles. The maximum atomic E-state index is 12.2. The molecule has 0 spiro atoms. The Labute approximate surface area is 131 Å². The Hall–Kier alpha value is -1.22. The van der Waals surface area contributed by atoms with Gasteiger partial charge in [-0.05, 0) is 19.1 Å². The molecule has 0 aromatic heterocycles. The lowest BCUT2D eigenvalue weighted by atomic mass is 10.2. The van der Waals surface area contributed by atoms with Crippen LogP contribution in [0.15, 0.2) is 17.0 Å². The lowest BCUT2D eigenvalue weighted by Gasteiger charge is -2.13. The van der Waals surface area contributed by atoms with Crippen molar-refractivity contribution in [3.63, 3.8) is 0 Å². The Morgan fingerprint density at radius 2 is 2.00 bits per heavy atom. The number of nitro benzene ring substituents is 1. The number of rotatable bonds is 6. The minimum atomic E-state index is -4.18. The van der Waals surface area contributed by atoms with Gasteiger partial charge in [0.25, 0.3) is 0 Å². The number of hydrogen-bond donors (Lipinski definition) is 1. The number of benzene rings is 1. The monoisotopic (exact) mass is 354 g/mol. The van der Waals surface area contributed by atoms with Crippen LogP contribution in [-0.4, -0.2) is 25.2 Å². The average molecular weight is 355 g/mol. The van der Waals surface area contributed by atoms with Gasteiger partial charge in [0.1, 0.15) is 20.7 Å². The van der Waals surface area contributed by atoms with E-state index >= 15 is 0 Å². The molecule has 0 aliphatic heterocycles. The van der Waals surface area contributed by atoms with E-state index in [0.29, 0.717) is 0 Å². The fourth-order valence-corrected chi connectivity index (χ4v) is 3.68. The molecule has 0 aliphatic rings. The van der Waals surface area contributed by atoms with Crippen LogP contribution < -0.4 is 4.72 Å². The molecule has 0 radical (unpaired) electrons. The molecule has 116 valence electrons. The van der Waals surface area contributed by atoms with Crippen molar-refractivity contribution in [2.45, 2.75) is 31.2 Å². The van der Waals surface area contributed by atoms with Crippen LogP contribution in [0.1, 0.15) is 20.3 Å². The molecule has 0 fully saturated rings. The minimum absolute atomic E-state index is 0.151. The zero-order valence-electron chi connectivity index (χ0n) is 11.1. The molecular formula is C11H12Cl2N2O5S. The molecule has 0 aliphatic carbocycles. The molecule has 0 heterocycles.